The van der Waals surface area contributed by atoms with E-state index in [0.29, 0.717) is 10.8 Å². The Morgan fingerprint density at radius 3 is 2.72 bits per heavy atom. The molecule has 2 saturated carbocycles. The number of rotatable bonds is 1. The minimum atomic E-state index is 0.300. The molecule has 2 fully saturated rings. The number of aromatic nitrogens is 2. The molecule has 0 amide bonds. The molecule has 0 aliphatic heterocycles. The minimum absolute atomic E-state index is 0.300. The lowest BCUT2D eigenvalue weighted by molar-refractivity contribution is -0.00991. The molecule has 29 heavy (non-hydrogen) atoms. The van der Waals surface area contributed by atoms with E-state index in [-0.39, 0.29) is 0 Å². The highest BCUT2D eigenvalue weighted by Crippen LogP contribution is 2.66. The van der Waals surface area contributed by atoms with E-state index in [1.807, 2.05) is 5.57 Å². The summed E-state index contributed by atoms with van der Waals surface area (Å²) in [6, 6.07) is 8.69. The maximum absolute atomic E-state index is 4.84. The highest BCUT2D eigenvalue weighted by Gasteiger charge is 2.56. The van der Waals surface area contributed by atoms with Crippen molar-refractivity contribution in [2.75, 3.05) is 0 Å². The van der Waals surface area contributed by atoms with Gasteiger partial charge in [0.1, 0.15) is 0 Å². The molecule has 0 radical (unpaired) electrons. The number of nitrogens with zero attached hydrogens (tertiary/aromatic N) is 2. The number of hydrogen-bond donors (Lipinski definition) is 0. The first-order valence-electron chi connectivity index (χ1n) is 11.8. The molecule has 4 aliphatic rings. The lowest BCUT2D eigenvalue weighted by atomic mass is 9.47. The summed E-state index contributed by atoms with van der Waals surface area (Å²) in [6.45, 7) is 5.20. The number of fused-ring (bicyclic) bond motifs is 6. The zero-order chi connectivity index (χ0) is 19.8. The van der Waals surface area contributed by atoms with Gasteiger partial charge in [-0.05, 0) is 85.2 Å². The molecule has 2 aromatic rings. The lowest BCUT2D eigenvalue weighted by Gasteiger charge is -2.57. The largest absolute Gasteiger partial charge is 0.267 e. The van der Waals surface area contributed by atoms with Gasteiger partial charge in [0.15, 0.2) is 0 Å². The fraction of sp³-hybridized carbons (Fsp3) is 0.593. The Kier molecular flexibility index (Phi) is 3.78. The van der Waals surface area contributed by atoms with Crippen molar-refractivity contribution in [3.63, 3.8) is 0 Å². The van der Waals surface area contributed by atoms with E-state index >= 15 is 0 Å². The zero-order valence-electron chi connectivity index (χ0n) is 18.2. The molecule has 0 saturated heterocycles. The number of aryl methyl sites for hydroxylation is 1. The van der Waals surface area contributed by atoms with Gasteiger partial charge in [-0.2, -0.15) is 5.10 Å². The number of allylic oxidation sites excluding steroid dienone is 4. The predicted molar refractivity (Wildman–Crippen MR) is 120 cm³/mol. The van der Waals surface area contributed by atoms with Gasteiger partial charge in [-0.15, -0.1) is 0 Å². The summed E-state index contributed by atoms with van der Waals surface area (Å²) in [7, 11) is 2.14. The molecule has 2 heteroatoms. The van der Waals surface area contributed by atoms with Crippen LogP contribution in [0.1, 0.15) is 70.9 Å². The molecule has 0 N–H and O–H groups in total. The van der Waals surface area contributed by atoms with Crippen molar-refractivity contribution >= 4 is 16.5 Å². The molecule has 0 spiro atoms. The second-order valence-electron chi connectivity index (χ2n) is 10.8. The summed E-state index contributed by atoms with van der Waals surface area (Å²) in [4.78, 5) is 0. The fourth-order valence-corrected chi connectivity index (χ4v) is 8.10. The van der Waals surface area contributed by atoms with Crippen LogP contribution in [0.3, 0.4) is 0 Å². The maximum Gasteiger partial charge on any atom is 0.0929 e. The molecule has 2 nitrogen and oxygen atoms in total. The molecule has 4 aliphatic carbocycles. The summed E-state index contributed by atoms with van der Waals surface area (Å²) in [6.07, 6.45) is 16.2. The molecule has 1 heterocycles. The van der Waals surface area contributed by atoms with Crippen LogP contribution < -0.4 is 0 Å². The van der Waals surface area contributed by atoms with E-state index in [2.05, 4.69) is 62.0 Å². The first kappa shape index (κ1) is 18.0. The summed E-state index contributed by atoms with van der Waals surface area (Å²) in [5.74, 6) is 2.55. The Labute approximate surface area is 175 Å². The molecule has 152 valence electrons. The normalized spacial score (nSPS) is 38.8. The fourth-order valence-electron chi connectivity index (χ4n) is 8.10. The maximum atomic E-state index is 4.84. The van der Waals surface area contributed by atoms with Gasteiger partial charge in [-0.25, -0.2) is 0 Å². The molecule has 1 aromatic heterocycles. The first-order chi connectivity index (χ1) is 14.0. The second-order valence-corrected chi connectivity index (χ2v) is 10.8. The molecule has 0 bridgehead atoms. The SMILES string of the molecule is Cn1nc2ccccc2c1C1=CCC2C3CC=C4CCCC[C@]4(C)C3CC[C@]12C. The van der Waals surface area contributed by atoms with Crippen LogP contribution in [0.15, 0.2) is 42.0 Å². The third-order valence-electron chi connectivity index (χ3n) is 9.59. The van der Waals surface area contributed by atoms with Gasteiger partial charge in [0, 0.05) is 12.4 Å². The lowest BCUT2D eigenvalue weighted by Crippen LogP contribution is -2.48. The Balaban J connectivity index is 1.40. The van der Waals surface area contributed by atoms with Gasteiger partial charge in [0.2, 0.25) is 0 Å². The summed E-state index contributed by atoms with van der Waals surface area (Å²) in [5, 5.41) is 6.17. The number of hydrogen-bond acceptors (Lipinski definition) is 1. The predicted octanol–water partition coefficient (Wildman–Crippen LogP) is 6.92. The Morgan fingerprint density at radius 2 is 1.83 bits per heavy atom. The van der Waals surface area contributed by atoms with Crippen LogP contribution in [0.2, 0.25) is 0 Å². The Morgan fingerprint density at radius 1 is 0.966 bits per heavy atom. The van der Waals surface area contributed by atoms with E-state index in [4.69, 9.17) is 5.10 Å². The molecule has 6 rings (SSSR count). The van der Waals surface area contributed by atoms with Gasteiger partial charge in [-0.1, -0.05) is 56.2 Å². The van der Waals surface area contributed by atoms with Crippen LogP contribution in [-0.4, -0.2) is 9.78 Å². The van der Waals surface area contributed by atoms with Crippen molar-refractivity contribution in [3.8, 4) is 0 Å². The Hall–Kier alpha value is -1.83. The first-order valence-corrected chi connectivity index (χ1v) is 11.8. The zero-order valence-corrected chi connectivity index (χ0v) is 18.2. The van der Waals surface area contributed by atoms with Gasteiger partial charge >= 0.3 is 0 Å². The molecule has 3 unspecified atom stereocenters. The highest BCUT2D eigenvalue weighted by atomic mass is 15.3. The van der Waals surface area contributed by atoms with Crippen LogP contribution in [0.25, 0.3) is 16.5 Å². The third-order valence-corrected chi connectivity index (χ3v) is 9.59. The summed E-state index contributed by atoms with van der Waals surface area (Å²) < 4.78 is 2.15. The van der Waals surface area contributed by atoms with Crippen LogP contribution in [-0.2, 0) is 7.05 Å². The average Bonchev–Trinajstić information content (AvgIpc) is 3.22. The molecule has 5 atom stereocenters. The monoisotopic (exact) mass is 386 g/mol. The van der Waals surface area contributed by atoms with E-state index in [1.165, 1.54) is 62.4 Å². The van der Waals surface area contributed by atoms with E-state index < -0.39 is 0 Å². The molecule has 1 aromatic carbocycles. The third kappa shape index (κ3) is 2.32. The van der Waals surface area contributed by atoms with E-state index in [1.54, 1.807) is 5.57 Å². The molecular weight excluding hydrogens is 352 g/mol. The number of benzene rings is 1. The van der Waals surface area contributed by atoms with Crippen molar-refractivity contribution in [3.05, 3.63) is 47.7 Å². The van der Waals surface area contributed by atoms with Crippen LogP contribution in [0.4, 0.5) is 0 Å². The average molecular weight is 387 g/mol. The quantitative estimate of drug-likeness (QED) is 0.486. The van der Waals surface area contributed by atoms with Gasteiger partial charge in [-0.3, -0.25) is 4.68 Å². The van der Waals surface area contributed by atoms with Crippen molar-refractivity contribution in [2.45, 2.75) is 65.2 Å². The smallest absolute Gasteiger partial charge is 0.0929 e. The van der Waals surface area contributed by atoms with Crippen molar-refractivity contribution in [2.24, 2.45) is 35.6 Å². The summed E-state index contributed by atoms with van der Waals surface area (Å²) in [5.41, 5.74) is 6.70. The highest BCUT2D eigenvalue weighted by molar-refractivity contribution is 5.92. The van der Waals surface area contributed by atoms with Crippen LogP contribution >= 0.6 is 0 Å². The van der Waals surface area contributed by atoms with Crippen LogP contribution in [0, 0.1) is 28.6 Å². The minimum Gasteiger partial charge on any atom is -0.267 e. The van der Waals surface area contributed by atoms with Gasteiger partial charge in [0.25, 0.3) is 0 Å². The van der Waals surface area contributed by atoms with Crippen LogP contribution in [0.5, 0.6) is 0 Å². The van der Waals surface area contributed by atoms with Crippen molar-refractivity contribution in [1.29, 1.82) is 0 Å². The van der Waals surface area contributed by atoms with Gasteiger partial charge in [0.05, 0.1) is 11.2 Å². The van der Waals surface area contributed by atoms with E-state index in [0.717, 1.165) is 23.3 Å². The van der Waals surface area contributed by atoms with Crippen molar-refractivity contribution in [1.82, 2.24) is 9.78 Å². The Bertz CT molecular complexity index is 1040. The molecular formula is C27H34N2. The second kappa shape index (κ2) is 6.09. The topological polar surface area (TPSA) is 17.8 Å². The van der Waals surface area contributed by atoms with Crippen molar-refractivity contribution < 1.29 is 0 Å². The summed E-state index contributed by atoms with van der Waals surface area (Å²) >= 11 is 0. The van der Waals surface area contributed by atoms with Gasteiger partial charge < -0.3 is 0 Å². The van der Waals surface area contributed by atoms with E-state index in [9.17, 15) is 0 Å². The standard InChI is InChI=1S/C27H34N2/c1-26-16-7-6-8-18(26)11-12-19-21-13-14-23(27(21,2)17-15-22(19)26)25-20-9-4-5-10-24(20)28-29(25)3/h4-5,9-11,14,19,21-22H,6-8,12-13,15-17H2,1-3H3/t19?,21?,22?,26-,27-/m0/s1.